The summed E-state index contributed by atoms with van der Waals surface area (Å²) in [4.78, 5) is 35.0. The van der Waals surface area contributed by atoms with Gasteiger partial charge in [-0.15, -0.1) is 0 Å². The van der Waals surface area contributed by atoms with Crippen LogP contribution in [0.2, 0.25) is 0 Å². The molecule has 55 heavy (non-hydrogen) atoms. The maximum Gasteiger partial charge on any atom is 0.472 e. The highest BCUT2D eigenvalue weighted by molar-refractivity contribution is 7.47. The number of aliphatic hydroxyl groups is 2. The first kappa shape index (κ1) is 53.5. The minimum Gasteiger partial charge on any atom is -0.462 e. The highest BCUT2D eigenvalue weighted by Crippen LogP contribution is 2.43. The zero-order chi connectivity index (χ0) is 40.5. The molecule has 0 radical (unpaired) electrons. The smallest absolute Gasteiger partial charge is 0.462 e. The van der Waals surface area contributed by atoms with Crippen molar-refractivity contribution in [3.8, 4) is 0 Å². The van der Waals surface area contributed by atoms with Crippen LogP contribution in [-0.4, -0.2) is 65.7 Å². The van der Waals surface area contributed by atoms with Crippen molar-refractivity contribution in [3.63, 3.8) is 0 Å². The molecule has 1 unspecified atom stereocenters. The molecular weight excluding hydrogens is 719 g/mol. The van der Waals surface area contributed by atoms with Crippen molar-refractivity contribution in [2.75, 3.05) is 26.4 Å². The summed E-state index contributed by atoms with van der Waals surface area (Å²) in [6.45, 7) is 2.37. The molecule has 324 valence electrons. The SMILES string of the molecule is CCCCCC/C=C/CCCCCCCCCCCC(=O)OC[C@H](COP(=O)(O)OC[C@@H](O)CO)OC(=O)CCCCCCC/C=C/CCCCCCCC. The van der Waals surface area contributed by atoms with Crippen LogP contribution in [0.1, 0.15) is 206 Å². The van der Waals surface area contributed by atoms with Gasteiger partial charge in [-0.2, -0.15) is 0 Å². The highest BCUT2D eigenvalue weighted by Gasteiger charge is 2.27. The molecule has 0 fully saturated rings. The molecule has 0 spiro atoms. The van der Waals surface area contributed by atoms with Crippen molar-refractivity contribution < 1.29 is 47.8 Å². The lowest BCUT2D eigenvalue weighted by Crippen LogP contribution is -2.29. The molecular formula is C44H83O10P. The lowest BCUT2D eigenvalue weighted by Gasteiger charge is -2.20. The summed E-state index contributed by atoms with van der Waals surface area (Å²) >= 11 is 0. The third-order valence-corrected chi connectivity index (χ3v) is 10.5. The Morgan fingerprint density at radius 3 is 1.33 bits per heavy atom. The van der Waals surface area contributed by atoms with Gasteiger partial charge in [-0.25, -0.2) is 4.57 Å². The number of allylic oxidation sites excluding steroid dienone is 4. The monoisotopic (exact) mass is 803 g/mol. The number of rotatable bonds is 42. The summed E-state index contributed by atoms with van der Waals surface area (Å²) in [5.74, 6) is -0.931. The molecule has 0 heterocycles. The Kier molecular flexibility index (Phi) is 39.5. The van der Waals surface area contributed by atoms with Crippen LogP contribution in [0.5, 0.6) is 0 Å². The summed E-state index contributed by atoms with van der Waals surface area (Å²) in [6, 6.07) is 0. The number of aliphatic hydroxyl groups excluding tert-OH is 2. The molecule has 0 aromatic heterocycles. The molecule has 0 saturated heterocycles. The van der Waals surface area contributed by atoms with Gasteiger partial charge in [0.1, 0.15) is 12.7 Å². The molecule has 10 nitrogen and oxygen atoms in total. The molecule has 0 aromatic rings. The van der Waals surface area contributed by atoms with E-state index >= 15 is 0 Å². The number of carbonyl (C=O) groups excluding carboxylic acids is 2. The lowest BCUT2D eigenvalue weighted by molar-refractivity contribution is -0.161. The molecule has 11 heteroatoms. The van der Waals surface area contributed by atoms with Gasteiger partial charge in [0.15, 0.2) is 6.10 Å². The number of esters is 2. The number of ether oxygens (including phenoxy) is 2. The number of phosphoric ester groups is 1. The van der Waals surface area contributed by atoms with Gasteiger partial charge in [-0.1, -0.05) is 154 Å². The second-order valence-electron chi connectivity index (χ2n) is 15.1. The molecule has 0 aromatic carbocycles. The summed E-state index contributed by atoms with van der Waals surface area (Å²) in [5, 5.41) is 18.3. The largest absolute Gasteiger partial charge is 0.472 e. The Bertz CT molecular complexity index is 972. The van der Waals surface area contributed by atoms with Crippen LogP contribution in [0.4, 0.5) is 0 Å². The Labute approximate surface area is 336 Å². The van der Waals surface area contributed by atoms with Crippen molar-refractivity contribution in [2.45, 2.75) is 219 Å². The van der Waals surface area contributed by atoms with Crippen LogP contribution in [0.25, 0.3) is 0 Å². The van der Waals surface area contributed by atoms with E-state index < -0.39 is 51.8 Å². The van der Waals surface area contributed by atoms with Gasteiger partial charge in [0.25, 0.3) is 0 Å². The molecule has 0 bridgehead atoms. The van der Waals surface area contributed by atoms with Gasteiger partial charge in [-0.05, 0) is 64.2 Å². The van der Waals surface area contributed by atoms with Gasteiger partial charge < -0.3 is 24.6 Å². The average molecular weight is 803 g/mol. The third-order valence-electron chi connectivity index (χ3n) is 9.58. The standard InChI is InChI=1S/C44H83O10P/c1-3-5-7-9-11-13-15-17-19-20-22-23-25-27-29-31-33-35-43(47)51-39-42(40-53-55(49,50)52-38-41(46)37-45)54-44(48)36-34-32-30-28-26-24-21-18-16-14-12-10-8-6-4-2/h13,15,18,21,41-42,45-46H,3-12,14,16-17,19-20,22-40H2,1-2H3,(H,49,50)/b15-13+,21-18+/t41-,42+/m0/s1. The quantitative estimate of drug-likeness (QED) is 0.0236. The van der Waals surface area contributed by atoms with E-state index in [0.717, 1.165) is 57.8 Å². The van der Waals surface area contributed by atoms with E-state index in [0.29, 0.717) is 12.8 Å². The summed E-state index contributed by atoms with van der Waals surface area (Å²) in [6.07, 6.45) is 39.9. The van der Waals surface area contributed by atoms with Crippen molar-refractivity contribution >= 4 is 19.8 Å². The predicted molar refractivity (Wildman–Crippen MR) is 224 cm³/mol. The van der Waals surface area contributed by atoms with E-state index in [1.807, 2.05) is 0 Å². The van der Waals surface area contributed by atoms with Crippen LogP contribution in [0.3, 0.4) is 0 Å². The zero-order valence-corrected chi connectivity index (χ0v) is 36.0. The Morgan fingerprint density at radius 1 is 0.527 bits per heavy atom. The normalized spacial score (nSPS) is 14.1. The Balaban J connectivity index is 4.27. The summed E-state index contributed by atoms with van der Waals surface area (Å²) in [7, 11) is -4.62. The van der Waals surface area contributed by atoms with Gasteiger partial charge in [0.2, 0.25) is 0 Å². The topological polar surface area (TPSA) is 149 Å². The number of unbranched alkanes of at least 4 members (excludes halogenated alkanes) is 24. The van der Waals surface area contributed by atoms with Gasteiger partial charge >= 0.3 is 19.8 Å². The fourth-order valence-corrected chi connectivity index (χ4v) is 6.89. The molecule has 0 aliphatic rings. The number of hydrogen-bond donors (Lipinski definition) is 3. The summed E-state index contributed by atoms with van der Waals surface area (Å²) < 4.78 is 32.7. The molecule has 0 saturated carbocycles. The number of hydrogen-bond acceptors (Lipinski definition) is 9. The molecule has 0 rings (SSSR count). The fraction of sp³-hybridized carbons (Fsp3) is 0.864. The van der Waals surface area contributed by atoms with E-state index in [1.165, 1.54) is 109 Å². The van der Waals surface area contributed by atoms with E-state index in [1.54, 1.807) is 0 Å². The van der Waals surface area contributed by atoms with Crippen LogP contribution < -0.4 is 0 Å². The zero-order valence-electron chi connectivity index (χ0n) is 35.2. The first-order valence-corrected chi connectivity index (χ1v) is 23.8. The predicted octanol–water partition coefficient (Wildman–Crippen LogP) is 11.8. The van der Waals surface area contributed by atoms with Crippen LogP contribution >= 0.6 is 7.82 Å². The maximum absolute atomic E-state index is 12.6. The van der Waals surface area contributed by atoms with E-state index in [-0.39, 0.29) is 19.4 Å². The van der Waals surface area contributed by atoms with Crippen molar-refractivity contribution in [1.82, 2.24) is 0 Å². The molecule has 3 N–H and O–H groups in total. The van der Waals surface area contributed by atoms with Crippen molar-refractivity contribution in [3.05, 3.63) is 24.3 Å². The Hall–Kier alpha value is -1.55. The molecule has 3 atom stereocenters. The van der Waals surface area contributed by atoms with Crippen molar-refractivity contribution in [2.24, 2.45) is 0 Å². The van der Waals surface area contributed by atoms with Crippen molar-refractivity contribution in [1.29, 1.82) is 0 Å². The van der Waals surface area contributed by atoms with Crippen LogP contribution in [0.15, 0.2) is 24.3 Å². The van der Waals surface area contributed by atoms with Crippen LogP contribution in [-0.2, 0) is 32.7 Å². The van der Waals surface area contributed by atoms with E-state index in [4.69, 9.17) is 23.6 Å². The van der Waals surface area contributed by atoms with Gasteiger partial charge in [0.05, 0.1) is 19.8 Å². The lowest BCUT2D eigenvalue weighted by atomic mass is 10.1. The van der Waals surface area contributed by atoms with E-state index in [9.17, 15) is 24.2 Å². The number of phosphoric acid groups is 1. The highest BCUT2D eigenvalue weighted by atomic mass is 31.2. The third kappa shape index (κ3) is 40.4. The molecule has 0 aliphatic heterocycles. The second kappa shape index (κ2) is 40.6. The molecule has 0 aliphatic carbocycles. The summed E-state index contributed by atoms with van der Waals surface area (Å²) in [5.41, 5.74) is 0. The number of carbonyl (C=O) groups is 2. The minimum atomic E-state index is -4.62. The maximum atomic E-state index is 12.6. The Morgan fingerprint density at radius 2 is 0.891 bits per heavy atom. The minimum absolute atomic E-state index is 0.176. The first-order chi connectivity index (χ1) is 26.7. The van der Waals surface area contributed by atoms with E-state index in [2.05, 4.69) is 38.2 Å². The average Bonchev–Trinajstić information content (AvgIpc) is 3.17. The fourth-order valence-electron chi connectivity index (χ4n) is 6.10. The first-order valence-electron chi connectivity index (χ1n) is 22.3. The van der Waals surface area contributed by atoms with Gasteiger partial charge in [0, 0.05) is 12.8 Å². The molecule has 0 amide bonds. The van der Waals surface area contributed by atoms with Crippen LogP contribution in [0, 0.1) is 0 Å². The van der Waals surface area contributed by atoms with Gasteiger partial charge in [-0.3, -0.25) is 18.6 Å². The second-order valence-corrected chi connectivity index (χ2v) is 16.5.